The van der Waals surface area contributed by atoms with Gasteiger partial charge in [0.15, 0.2) is 10.9 Å². The summed E-state index contributed by atoms with van der Waals surface area (Å²) in [5, 5.41) is 22.2. The second-order valence-corrected chi connectivity index (χ2v) is 9.49. The molecular formula is C24H19N3O4S2. The molecule has 1 atom stereocenters. The van der Waals surface area contributed by atoms with E-state index in [0.29, 0.717) is 21.3 Å². The topological polar surface area (TPSA) is 103 Å². The van der Waals surface area contributed by atoms with E-state index in [0.717, 1.165) is 22.2 Å². The number of thiazole rings is 1. The Morgan fingerprint density at radius 3 is 2.64 bits per heavy atom. The van der Waals surface area contributed by atoms with Crippen LogP contribution < -0.4 is 10.4 Å². The van der Waals surface area contributed by atoms with Crippen LogP contribution in [-0.4, -0.2) is 27.0 Å². The molecule has 166 valence electrons. The number of benzene rings is 2. The molecule has 1 amide bonds. The Bertz CT molecular complexity index is 1390. The van der Waals surface area contributed by atoms with Crippen LogP contribution in [0.25, 0.3) is 10.2 Å². The zero-order chi connectivity index (χ0) is 23.1. The monoisotopic (exact) mass is 477 g/mol. The van der Waals surface area contributed by atoms with Crippen molar-refractivity contribution in [2.75, 3.05) is 10.4 Å². The maximum atomic E-state index is 13.3. The summed E-state index contributed by atoms with van der Waals surface area (Å²) < 4.78 is 0.924. The van der Waals surface area contributed by atoms with Crippen molar-refractivity contribution in [3.05, 3.63) is 87.3 Å². The van der Waals surface area contributed by atoms with Crippen molar-refractivity contribution >= 4 is 55.4 Å². The standard InChI is InChI=1S/C24H19N3O4S2/c1-2-13-5-10-16-18(12-13)33-24(25-16)27-20(14-6-8-15(26-31)9-7-14)19(22(29)23(27)30)21(28)17-4-3-11-32-17/h3-12,20,26,29,31H,2H2,1H3. The Labute approximate surface area is 197 Å². The Balaban J connectivity index is 1.66. The minimum atomic E-state index is -0.856. The number of nitrogens with zero attached hydrogens (tertiary/aromatic N) is 2. The predicted molar refractivity (Wildman–Crippen MR) is 129 cm³/mol. The number of aromatic nitrogens is 1. The lowest BCUT2D eigenvalue weighted by Crippen LogP contribution is -2.30. The van der Waals surface area contributed by atoms with Crippen LogP contribution in [0.5, 0.6) is 0 Å². The van der Waals surface area contributed by atoms with E-state index in [-0.39, 0.29) is 5.57 Å². The summed E-state index contributed by atoms with van der Waals surface area (Å²) in [4.78, 5) is 33.1. The highest BCUT2D eigenvalue weighted by Gasteiger charge is 2.46. The Hall–Kier alpha value is -3.53. The SMILES string of the molecule is CCc1ccc2nc(N3C(=O)C(O)=C(C(=O)c4cccs4)C3c3ccc(NO)cc3)sc2c1. The number of ketones is 1. The van der Waals surface area contributed by atoms with E-state index < -0.39 is 23.5 Å². The maximum Gasteiger partial charge on any atom is 0.296 e. The lowest BCUT2D eigenvalue weighted by molar-refractivity contribution is -0.117. The van der Waals surface area contributed by atoms with Crippen LogP contribution in [0, 0.1) is 0 Å². The Kier molecular flexibility index (Phi) is 5.45. The van der Waals surface area contributed by atoms with Gasteiger partial charge in [0, 0.05) is 0 Å². The smallest absolute Gasteiger partial charge is 0.296 e. The number of rotatable bonds is 6. The van der Waals surface area contributed by atoms with E-state index in [1.54, 1.807) is 41.8 Å². The summed E-state index contributed by atoms with van der Waals surface area (Å²) >= 11 is 2.59. The molecule has 0 aliphatic carbocycles. The molecule has 1 aliphatic rings. The van der Waals surface area contributed by atoms with Crippen LogP contribution in [0.2, 0.25) is 0 Å². The van der Waals surface area contributed by atoms with Crippen LogP contribution in [0.3, 0.4) is 0 Å². The highest BCUT2D eigenvalue weighted by atomic mass is 32.1. The van der Waals surface area contributed by atoms with E-state index in [2.05, 4.69) is 17.4 Å². The molecule has 0 radical (unpaired) electrons. The molecule has 1 unspecified atom stereocenters. The number of aliphatic hydroxyl groups excluding tert-OH is 1. The molecule has 0 saturated heterocycles. The van der Waals surface area contributed by atoms with Crippen molar-refractivity contribution in [2.45, 2.75) is 19.4 Å². The molecule has 0 spiro atoms. The molecule has 4 aromatic rings. The Morgan fingerprint density at radius 2 is 1.97 bits per heavy atom. The zero-order valence-corrected chi connectivity index (χ0v) is 19.1. The van der Waals surface area contributed by atoms with Crippen LogP contribution in [-0.2, 0) is 11.2 Å². The van der Waals surface area contributed by atoms with Crippen molar-refractivity contribution in [3.8, 4) is 0 Å². The number of hydrogen-bond donors (Lipinski definition) is 3. The van der Waals surface area contributed by atoms with Gasteiger partial charge in [-0.2, -0.15) is 0 Å². The Morgan fingerprint density at radius 1 is 1.18 bits per heavy atom. The largest absolute Gasteiger partial charge is 0.503 e. The van der Waals surface area contributed by atoms with E-state index in [1.807, 2.05) is 18.2 Å². The molecular weight excluding hydrogens is 458 g/mol. The van der Waals surface area contributed by atoms with E-state index in [1.165, 1.54) is 27.6 Å². The number of anilines is 2. The van der Waals surface area contributed by atoms with Crippen molar-refractivity contribution in [1.29, 1.82) is 0 Å². The number of carbonyl (C=O) groups is 2. The number of aryl methyl sites for hydroxylation is 1. The number of aliphatic hydroxyl groups is 1. The fraction of sp³-hybridized carbons (Fsp3) is 0.125. The van der Waals surface area contributed by atoms with E-state index in [9.17, 15) is 19.9 Å². The fourth-order valence-electron chi connectivity index (χ4n) is 3.91. The average Bonchev–Trinajstić information content (AvgIpc) is 3.57. The lowest BCUT2D eigenvalue weighted by atomic mass is 9.95. The first-order chi connectivity index (χ1) is 16.0. The maximum absolute atomic E-state index is 13.3. The van der Waals surface area contributed by atoms with E-state index >= 15 is 0 Å². The average molecular weight is 478 g/mol. The van der Waals surface area contributed by atoms with Gasteiger partial charge in [0.05, 0.1) is 32.4 Å². The van der Waals surface area contributed by atoms with Gasteiger partial charge in [-0.05, 0) is 53.3 Å². The molecule has 3 N–H and O–H groups in total. The van der Waals surface area contributed by atoms with Crippen molar-refractivity contribution in [1.82, 2.24) is 4.98 Å². The van der Waals surface area contributed by atoms with Gasteiger partial charge >= 0.3 is 0 Å². The molecule has 33 heavy (non-hydrogen) atoms. The van der Waals surface area contributed by atoms with Crippen molar-refractivity contribution < 1.29 is 19.9 Å². The van der Waals surface area contributed by atoms with Gasteiger partial charge in [-0.1, -0.05) is 42.5 Å². The van der Waals surface area contributed by atoms with Gasteiger partial charge in [-0.15, -0.1) is 11.3 Å². The molecule has 0 fully saturated rings. The van der Waals surface area contributed by atoms with Gasteiger partial charge in [0.2, 0.25) is 5.78 Å². The molecule has 0 bridgehead atoms. The fourth-order valence-corrected chi connectivity index (χ4v) is 5.64. The first kappa shape index (κ1) is 21.3. The predicted octanol–water partition coefficient (Wildman–Crippen LogP) is 5.50. The quantitative estimate of drug-likeness (QED) is 0.250. The third-order valence-electron chi connectivity index (χ3n) is 5.61. The number of Topliss-reactive ketones (excluding diaryl/α,β-unsaturated/α-hetero) is 1. The summed E-state index contributed by atoms with van der Waals surface area (Å²) in [7, 11) is 0. The molecule has 0 saturated carbocycles. The summed E-state index contributed by atoms with van der Waals surface area (Å²) in [6.07, 6.45) is 0.876. The minimum Gasteiger partial charge on any atom is -0.503 e. The molecule has 9 heteroatoms. The summed E-state index contributed by atoms with van der Waals surface area (Å²) in [6.45, 7) is 2.07. The molecule has 2 aromatic heterocycles. The first-order valence-electron chi connectivity index (χ1n) is 10.3. The van der Waals surface area contributed by atoms with Gasteiger partial charge in [0.25, 0.3) is 5.91 Å². The summed E-state index contributed by atoms with van der Waals surface area (Å²) in [6, 6.07) is 15.2. The molecule has 1 aliphatic heterocycles. The number of fused-ring (bicyclic) bond motifs is 1. The number of carbonyl (C=O) groups excluding carboxylic acids is 2. The highest BCUT2D eigenvalue weighted by molar-refractivity contribution is 7.22. The molecule has 7 nitrogen and oxygen atoms in total. The third kappa shape index (κ3) is 3.60. The number of hydrogen-bond acceptors (Lipinski definition) is 8. The molecule has 3 heterocycles. The van der Waals surface area contributed by atoms with Gasteiger partial charge in [0.1, 0.15) is 0 Å². The lowest BCUT2D eigenvalue weighted by Gasteiger charge is -2.24. The van der Waals surface area contributed by atoms with Crippen LogP contribution in [0.4, 0.5) is 10.8 Å². The second kappa shape index (κ2) is 8.43. The minimum absolute atomic E-state index is 0.0145. The van der Waals surface area contributed by atoms with Gasteiger partial charge in [-0.3, -0.25) is 25.2 Å². The van der Waals surface area contributed by atoms with Crippen LogP contribution >= 0.6 is 22.7 Å². The third-order valence-corrected chi connectivity index (χ3v) is 7.50. The molecule has 2 aromatic carbocycles. The van der Waals surface area contributed by atoms with Gasteiger partial charge in [-0.25, -0.2) is 4.98 Å². The summed E-state index contributed by atoms with van der Waals surface area (Å²) in [5.74, 6) is -1.64. The van der Waals surface area contributed by atoms with Crippen LogP contribution in [0.1, 0.15) is 33.8 Å². The second-order valence-electron chi connectivity index (χ2n) is 7.53. The van der Waals surface area contributed by atoms with Crippen molar-refractivity contribution in [3.63, 3.8) is 0 Å². The molecule has 5 rings (SSSR count). The van der Waals surface area contributed by atoms with Crippen molar-refractivity contribution in [2.24, 2.45) is 0 Å². The number of nitrogens with one attached hydrogen (secondary N) is 1. The first-order valence-corrected chi connectivity index (χ1v) is 12.0. The highest BCUT2D eigenvalue weighted by Crippen LogP contribution is 2.44. The van der Waals surface area contributed by atoms with Crippen LogP contribution in [0.15, 0.2) is 71.3 Å². The number of thiophene rings is 1. The normalized spacial score (nSPS) is 16.1. The summed E-state index contributed by atoms with van der Waals surface area (Å²) in [5.41, 5.74) is 5.06. The zero-order valence-electron chi connectivity index (χ0n) is 17.5. The van der Waals surface area contributed by atoms with Gasteiger partial charge < -0.3 is 5.11 Å². The van der Waals surface area contributed by atoms with E-state index in [4.69, 9.17) is 0 Å². The number of amides is 1.